The third-order valence-electron chi connectivity index (χ3n) is 2.48. The smallest absolute Gasteiger partial charge is 0.293 e. The van der Waals surface area contributed by atoms with Gasteiger partial charge in [-0.3, -0.25) is 14.3 Å². The standard InChI is InChI=1S/C11H14BrFN2O3S/c1-7(3-4-19(2)18)14-10-6-9(13)8(12)5-11(10)15(16)17/h5-7,14H,3-4H2,1-2H3. The molecule has 0 fully saturated rings. The molecule has 8 heteroatoms. The molecule has 2 atom stereocenters. The van der Waals surface area contributed by atoms with Crippen LogP contribution in [0.15, 0.2) is 16.6 Å². The minimum Gasteiger partial charge on any atom is -0.377 e. The number of hydrogen-bond acceptors (Lipinski definition) is 4. The molecule has 0 aliphatic heterocycles. The van der Waals surface area contributed by atoms with Crippen LogP contribution in [0.1, 0.15) is 13.3 Å². The van der Waals surface area contributed by atoms with Gasteiger partial charge in [-0.2, -0.15) is 0 Å². The maximum absolute atomic E-state index is 13.4. The van der Waals surface area contributed by atoms with Crippen molar-refractivity contribution in [2.45, 2.75) is 19.4 Å². The van der Waals surface area contributed by atoms with Crippen molar-refractivity contribution in [2.24, 2.45) is 0 Å². The maximum Gasteiger partial charge on any atom is 0.293 e. The number of anilines is 1. The van der Waals surface area contributed by atoms with Gasteiger partial charge >= 0.3 is 0 Å². The first-order chi connectivity index (χ1) is 8.81. The molecule has 0 spiro atoms. The normalized spacial score (nSPS) is 13.9. The Hall–Kier alpha value is -1.02. The van der Waals surface area contributed by atoms with Crippen LogP contribution in [0.4, 0.5) is 15.8 Å². The lowest BCUT2D eigenvalue weighted by molar-refractivity contribution is -0.384. The highest BCUT2D eigenvalue weighted by Crippen LogP contribution is 2.31. The van der Waals surface area contributed by atoms with E-state index in [4.69, 9.17) is 0 Å². The van der Waals surface area contributed by atoms with Gasteiger partial charge in [0.2, 0.25) is 0 Å². The largest absolute Gasteiger partial charge is 0.377 e. The van der Waals surface area contributed by atoms with Crippen LogP contribution in [0.2, 0.25) is 0 Å². The molecular formula is C11H14BrFN2O3S. The second-order valence-electron chi connectivity index (χ2n) is 4.15. The number of nitrogens with zero attached hydrogens (tertiary/aromatic N) is 1. The Labute approximate surface area is 121 Å². The van der Waals surface area contributed by atoms with E-state index in [1.54, 1.807) is 13.2 Å². The SMILES string of the molecule is CC(CCS(C)=O)Nc1cc(F)c(Br)cc1[N+](=O)[O-]. The quantitative estimate of drug-likeness (QED) is 0.630. The molecule has 0 aromatic heterocycles. The number of hydrogen-bond donors (Lipinski definition) is 1. The highest BCUT2D eigenvalue weighted by Gasteiger charge is 2.18. The van der Waals surface area contributed by atoms with Crippen molar-refractivity contribution in [2.75, 3.05) is 17.3 Å². The van der Waals surface area contributed by atoms with Gasteiger partial charge in [0.25, 0.3) is 5.69 Å². The van der Waals surface area contributed by atoms with E-state index in [1.807, 2.05) is 0 Å². The Morgan fingerprint density at radius 3 is 2.74 bits per heavy atom. The van der Waals surface area contributed by atoms with Gasteiger partial charge in [0.1, 0.15) is 11.5 Å². The number of halogens is 2. The van der Waals surface area contributed by atoms with Crippen molar-refractivity contribution < 1.29 is 13.5 Å². The van der Waals surface area contributed by atoms with Gasteiger partial charge < -0.3 is 5.32 Å². The molecule has 5 nitrogen and oxygen atoms in total. The second kappa shape index (κ2) is 6.95. The van der Waals surface area contributed by atoms with E-state index in [0.29, 0.717) is 12.2 Å². The lowest BCUT2D eigenvalue weighted by Gasteiger charge is -2.15. The van der Waals surface area contributed by atoms with Crippen molar-refractivity contribution in [3.8, 4) is 0 Å². The minimum atomic E-state index is -0.922. The topological polar surface area (TPSA) is 72.2 Å². The van der Waals surface area contributed by atoms with E-state index in [2.05, 4.69) is 21.2 Å². The van der Waals surface area contributed by atoms with Crippen molar-refractivity contribution >= 4 is 38.1 Å². The molecule has 0 radical (unpaired) electrons. The summed E-state index contributed by atoms with van der Waals surface area (Å²) in [4.78, 5) is 10.3. The summed E-state index contributed by atoms with van der Waals surface area (Å²) in [6.45, 7) is 1.80. The fraction of sp³-hybridized carbons (Fsp3) is 0.455. The summed E-state index contributed by atoms with van der Waals surface area (Å²) < 4.78 is 24.5. The molecule has 1 aromatic rings. The molecule has 0 bridgehead atoms. The second-order valence-corrected chi connectivity index (χ2v) is 6.56. The molecule has 0 aliphatic rings. The van der Waals surface area contributed by atoms with E-state index in [-0.39, 0.29) is 21.9 Å². The van der Waals surface area contributed by atoms with Crippen molar-refractivity contribution in [1.29, 1.82) is 0 Å². The van der Waals surface area contributed by atoms with Crippen LogP contribution >= 0.6 is 15.9 Å². The van der Waals surface area contributed by atoms with E-state index in [0.717, 1.165) is 12.1 Å². The fourth-order valence-electron chi connectivity index (χ4n) is 1.48. The van der Waals surface area contributed by atoms with Crippen LogP contribution < -0.4 is 5.32 Å². The van der Waals surface area contributed by atoms with Crippen LogP contribution in [-0.2, 0) is 10.8 Å². The van der Waals surface area contributed by atoms with E-state index >= 15 is 0 Å². The number of nitrogens with one attached hydrogen (secondary N) is 1. The number of rotatable bonds is 6. The highest BCUT2D eigenvalue weighted by atomic mass is 79.9. The van der Waals surface area contributed by atoms with Crippen LogP contribution in [0, 0.1) is 15.9 Å². The zero-order chi connectivity index (χ0) is 14.6. The summed E-state index contributed by atoms with van der Waals surface area (Å²) in [6.07, 6.45) is 2.17. The molecule has 1 rings (SSSR count). The molecule has 19 heavy (non-hydrogen) atoms. The van der Waals surface area contributed by atoms with Gasteiger partial charge in [0, 0.05) is 41.0 Å². The molecule has 1 N–H and O–H groups in total. The van der Waals surface area contributed by atoms with Gasteiger partial charge in [-0.05, 0) is 29.3 Å². The van der Waals surface area contributed by atoms with Gasteiger partial charge in [0.15, 0.2) is 0 Å². The predicted molar refractivity (Wildman–Crippen MR) is 77.4 cm³/mol. The number of nitro groups is 1. The molecule has 0 amide bonds. The van der Waals surface area contributed by atoms with Crippen LogP contribution in [0.25, 0.3) is 0 Å². The predicted octanol–water partition coefficient (Wildman–Crippen LogP) is 3.07. The average Bonchev–Trinajstić information content (AvgIpc) is 2.30. The van der Waals surface area contributed by atoms with Crippen LogP contribution in [0.3, 0.4) is 0 Å². The first kappa shape index (κ1) is 16.0. The summed E-state index contributed by atoms with van der Waals surface area (Å²) in [6, 6.07) is 2.08. The van der Waals surface area contributed by atoms with Gasteiger partial charge in [-0.15, -0.1) is 0 Å². The van der Waals surface area contributed by atoms with Gasteiger partial charge in [-0.1, -0.05) is 0 Å². The van der Waals surface area contributed by atoms with Gasteiger partial charge in [-0.25, -0.2) is 4.39 Å². The Balaban J connectivity index is 2.90. The highest BCUT2D eigenvalue weighted by molar-refractivity contribution is 9.10. The monoisotopic (exact) mass is 352 g/mol. The lowest BCUT2D eigenvalue weighted by atomic mass is 10.2. The van der Waals surface area contributed by atoms with E-state index < -0.39 is 21.5 Å². The zero-order valence-corrected chi connectivity index (χ0v) is 12.9. The van der Waals surface area contributed by atoms with E-state index in [1.165, 1.54) is 0 Å². The Morgan fingerprint density at radius 1 is 1.58 bits per heavy atom. The van der Waals surface area contributed by atoms with Crippen molar-refractivity contribution in [1.82, 2.24) is 0 Å². The Kier molecular flexibility index (Phi) is 5.86. The molecule has 0 aliphatic carbocycles. The first-order valence-corrected chi connectivity index (χ1v) is 8.03. The molecule has 2 unspecified atom stereocenters. The third kappa shape index (κ3) is 4.87. The third-order valence-corrected chi connectivity index (χ3v) is 3.89. The fourth-order valence-corrected chi connectivity index (χ4v) is 2.50. The number of nitro benzene ring substituents is 1. The van der Waals surface area contributed by atoms with Crippen molar-refractivity contribution in [3.63, 3.8) is 0 Å². The van der Waals surface area contributed by atoms with E-state index in [9.17, 15) is 18.7 Å². The first-order valence-electron chi connectivity index (χ1n) is 5.51. The molecule has 1 aromatic carbocycles. The summed E-state index contributed by atoms with van der Waals surface area (Å²) in [7, 11) is -0.922. The minimum absolute atomic E-state index is 0.0482. The summed E-state index contributed by atoms with van der Waals surface area (Å²) in [5.41, 5.74) is -0.0715. The molecule has 0 heterocycles. The summed E-state index contributed by atoms with van der Waals surface area (Å²) >= 11 is 2.92. The number of benzene rings is 1. The van der Waals surface area contributed by atoms with Gasteiger partial charge in [0.05, 0.1) is 9.40 Å². The van der Waals surface area contributed by atoms with Crippen LogP contribution in [-0.4, -0.2) is 27.2 Å². The molecule has 0 saturated heterocycles. The average molecular weight is 353 g/mol. The molecular weight excluding hydrogens is 339 g/mol. The lowest BCUT2D eigenvalue weighted by Crippen LogP contribution is -2.18. The summed E-state index contributed by atoms with van der Waals surface area (Å²) in [5, 5.41) is 13.8. The Bertz CT molecular complexity index is 513. The Morgan fingerprint density at radius 2 is 2.21 bits per heavy atom. The van der Waals surface area contributed by atoms with Crippen molar-refractivity contribution in [3.05, 3.63) is 32.5 Å². The maximum atomic E-state index is 13.4. The summed E-state index contributed by atoms with van der Waals surface area (Å²) in [5.74, 6) is -0.0830. The zero-order valence-electron chi connectivity index (χ0n) is 10.5. The van der Waals surface area contributed by atoms with Crippen LogP contribution in [0.5, 0.6) is 0 Å². The molecule has 0 saturated carbocycles. The molecule has 106 valence electrons.